The van der Waals surface area contributed by atoms with Gasteiger partial charge in [-0.05, 0) is 48.0 Å². The van der Waals surface area contributed by atoms with E-state index in [0.717, 1.165) is 41.6 Å². The first-order chi connectivity index (χ1) is 18.5. The molecule has 2 amide bonds. The van der Waals surface area contributed by atoms with Gasteiger partial charge in [-0.2, -0.15) is 0 Å². The number of hydrogen-bond donors (Lipinski definition) is 0. The molecule has 3 aromatic carbocycles. The number of anilines is 1. The molecular weight excluding hydrogens is 505 g/mol. The van der Waals surface area contributed by atoms with Crippen molar-refractivity contribution in [2.45, 2.75) is 11.4 Å². The number of carbonyl (C=O) groups excluding carboxylic acids is 2. The van der Waals surface area contributed by atoms with Gasteiger partial charge in [0.1, 0.15) is 5.82 Å². The Hall–Kier alpha value is -3.82. The lowest BCUT2D eigenvalue weighted by Crippen LogP contribution is -2.48. The molecule has 0 aromatic heterocycles. The molecule has 3 aliphatic heterocycles. The summed E-state index contributed by atoms with van der Waals surface area (Å²) in [4.78, 5) is 33.3. The highest BCUT2D eigenvalue weighted by atomic mass is 32.2. The van der Waals surface area contributed by atoms with E-state index >= 15 is 0 Å². The number of piperazine rings is 1. The van der Waals surface area contributed by atoms with Crippen LogP contribution in [0, 0.1) is 5.82 Å². The Morgan fingerprint density at radius 2 is 1.79 bits per heavy atom. The van der Waals surface area contributed by atoms with E-state index in [0.29, 0.717) is 34.8 Å². The molecule has 0 unspecified atom stereocenters. The van der Waals surface area contributed by atoms with Crippen molar-refractivity contribution < 1.29 is 23.5 Å². The quantitative estimate of drug-likeness (QED) is 0.458. The number of benzene rings is 3. The van der Waals surface area contributed by atoms with Crippen LogP contribution in [0.4, 0.5) is 10.1 Å². The van der Waals surface area contributed by atoms with E-state index < -0.39 is 0 Å². The first kappa shape index (κ1) is 24.5. The van der Waals surface area contributed by atoms with Crippen LogP contribution in [-0.2, 0) is 11.3 Å². The monoisotopic (exact) mass is 531 g/mol. The fourth-order valence-corrected chi connectivity index (χ4v) is 5.93. The number of nitrogens with zero attached hydrogens (tertiary/aromatic N) is 3. The van der Waals surface area contributed by atoms with Gasteiger partial charge in [-0.15, -0.1) is 0 Å². The number of rotatable bonds is 4. The zero-order valence-corrected chi connectivity index (χ0v) is 21.7. The number of carbonyl (C=O) groups is 2. The summed E-state index contributed by atoms with van der Waals surface area (Å²) in [5.41, 5.74) is 2.75. The molecule has 6 rings (SSSR count). The molecule has 3 heterocycles. The average Bonchev–Trinajstić information content (AvgIpc) is 3.41. The van der Waals surface area contributed by atoms with Gasteiger partial charge in [0.05, 0.1) is 10.6 Å². The standard InChI is InChI=1S/C29H26FN3O4S/c1-31-23-15-21(7-9-26(23)38-27(29(31)35)16-20-4-2-3-5-22(20)30)28(34)33-12-10-32(11-13-33)17-19-6-8-24-25(14-19)37-18-36-24/h2-9,14-16H,10-13,17-18H2,1H3/b27-16+. The molecule has 3 aromatic rings. The van der Waals surface area contributed by atoms with Gasteiger partial charge in [-0.3, -0.25) is 14.5 Å². The third kappa shape index (κ3) is 4.75. The van der Waals surface area contributed by atoms with Crippen LogP contribution < -0.4 is 14.4 Å². The maximum Gasteiger partial charge on any atom is 0.264 e. The minimum absolute atomic E-state index is 0.0472. The summed E-state index contributed by atoms with van der Waals surface area (Å²) in [6.07, 6.45) is 1.57. The molecule has 194 valence electrons. The molecule has 1 fully saturated rings. The van der Waals surface area contributed by atoms with Crippen molar-refractivity contribution in [2.24, 2.45) is 0 Å². The van der Waals surface area contributed by atoms with Crippen molar-refractivity contribution in [2.75, 3.05) is 44.9 Å². The second-order valence-electron chi connectivity index (χ2n) is 9.43. The minimum atomic E-state index is -0.376. The summed E-state index contributed by atoms with van der Waals surface area (Å²) in [6.45, 7) is 3.83. The van der Waals surface area contributed by atoms with Gasteiger partial charge in [0.2, 0.25) is 6.79 Å². The van der Waals surface area contributed by atoms with Crippen molar-refractivity contribution in [3.05, 3.63) is 88.1 Å². The van der Waals surface area contributed by atoms with Crippen LogP contribution in [-0.4, -0.2) is 61.6 Å². The van der Waals surface area contributed by atoms with Crippen LogP contribution in [0.5, 0.6) is 11.5 Å². The lowest BCUT2D eigenvalue weighted by atomic mass is 10.1. The van der Waals surface area contributed by atoms with Crippen molar-refractivity contribution >= 4 is 35.3 Å². The molecule has 0 saturated carbocycles. The Kier molecular flexibility index (Phi) is 6.55. The van der Waals surface area contributed by atoms with Crippen LogP contribution in [0.3, 0.4) is 0 Å². The molecule has 0 aliphatic carbocycles. The fourth-order valence-electron chi connectivity index (χ4n) is 4.85. The van der Waals surface area contributed by atoms with E-state index in [1.807, 2.05) is 29.2 Å². The van der Waals surface area contributed by atoms with E-state index in [1.165, 1.54) is 22.7 Å². The molecule has 38 heavy (non-hydrogen) atoms. The van der Waals surface area contributed by atoms with Crippen molar-refractivity contribution in [1.29, 1.82) is 0 Å². The minimum Gasteiger partial charge on any atom is -0.454 e. The van der Waals surface area contributed by atoms with E-state index in [2.05, 4.69) is 4.90 Å². The zero-order chi connectivity index (χ0) is 26.2. The van der Waals surface area contributed by atoms with Gasteiger partial charge in [-0.25, -0.2) is 4.39 Å². The molecule has 0 spiro atoms. The number of hydrogen-bond acceptors (Lipinski definition) is 6. The summed E-state index contributed by atoms with van der Waals surface area (Å²) >= 11 is 1.29. The Labute approximate surface area is 224 Å². The summed E-state index contributed by atoms with van der Waals surface area (Å²) in [5, 5.41) is 0. The van der Waals surface area contributed by atoms with Gasteiger partial charge in [0.25, 0.3) is 11.8 Å². The van der Waals surface area contributed by atoms with E-state index in [1.54, 1.807) is 43.5 Å². The maximum atomic E-state index is 14.1. The fraction of sp³-hybridized carbons (Fsp3) is 0.241. The lowest BCUT2D eigenvalue weighted by Gasteiger charge is -2.35. The van der Waals surface area contributed by atoms with Gasteiger partial charge in [0, 0.05) is 55.8 Å². The SMILES string of the molecule is CN1C(=O)/C(=C\c2ccccc2F)Sc2ccc(C(=O)N3CCN(Cc4ccc5c(c4)OCO5)CC3)cc21. The Morgan fingerprint density at radius 1 is 1.00 bits per heavy atom. The van der Waals surface area contributed by atoms with E-state index in [-0.39, 0.29) is 24.4 Å². The molecule has 0 N–H and O–H groups in total. The van der Waals surface area contributed by atoms with Crippen molar-refractivity contribution in [3.8, 4) is 11.5 Å². The van der Waals surface area contributed by atoms with Crippen molar-refractivity contribution in [1.82, 2.24) is 9.80 Å². The van der Waals surface area contributed by atoms with Gasteiger partial charge in [-0.1, -0.05) is 36.0 Å². The number of amides is 2. The molecule has 9 heteroatoms. The van der Waals surface area contributed by atoms with Crippen LogP contribution >= 0.6 is 11.8 Å². The third-order valence-electron chi connectivity index (χ3n) is 7.00. The molecule has 0 radical (unpaired) electrons. The van der Waals surface area contributed by atoms with Gasteiger partial charge < -0.3 is 19.3 Å². The Bertz CT molecular complexity index is 1450. The second-order valence-corrected chi connectivity index (χ2v) is 10.5. The molecule has 0 bridgehead atoms. The highest BCUT2D eigenvalue weighted by Crippen LogP contribution is 2.42. The van der Waals surface area contributed by atoms with Gasteiger partial charge in [0.15, 0.2) is 11.5 Å². The molecule has 7 nitrogen and oxygen atoms in total. The first-order valence-corrected chi connectivity index (χ1v) is 13.2. The number of ether oxygens (including phenoxy) is 2. The number of likely N-dealkylation sites (N-methyl/N-ethyl adjacent to an activating group) is 1. The van der Waals surface area contributed by atoms with Crippen LogP contribution in [0.1, 0.15) is 21.5 Å². The smallest absolute Gasteiger partial charge is 0.264 e. The second kappa shape index (κ2) is 10.2. The average molecular weight is 532 g/mol. The van der Waals surface area contributed by atoms with Crippen molar-refractivity contribution in [3.63, 3.8) is 0 Å². The highest BCUT2D eigenvalue weighted by molar-refractivity contribution is 8.04. The number of fused-ring (bicyclic) bond motifs is 2. The lowest BCUT2D eigenvalue weighted by molar-refractivity contribution is -0.114. The Balaban J connectivity index is 1.12. The normalized spacial score (nSPS) is 18.2. The summed E-state index contributed by atoms with van der Waals surface area (Å²) < 4.78 is 25.0. The number of halogens is 1. The summed E-state index contributed by atoms with van der Waals surface area (Å²) in [5.74, 6) is 0.901. The van der Waals surface area contributed by atoms with Gasteiger partial charge >= 0.3 is 0 Å². The van der Waals surface area contributed by atoms with Crippen LogP contribution in [0.15, 0.2) is 70.5 Å². The Morgan fingerprint density at radius 3 is 2.61 bits per heavy atom. The molecule has 0 atom stereocenters. The topological polar surface area (TPSA) is 62.3 Å². The first-order valence-electron chi connectivity index (χ1n) is 12.4. The summed E-state index contributed by atoms with van der Waals surface area (Å²) in [6, 6.07) is 17.8. The predicted octanol–water partition coefficient (Wildman–Crippen LogP) is 4.62. The molecule has 3 aliphatic rings. The third-order valence-corrected chi connectivity index (χ3v) is 8.07. The van der Waals surface area contributed by atoms with E-state index in [9.17, 15) is 14.0 Å². The molecule has 1 saturated heterocycles. The predicted molar refractivity (Wildman–Crippen MR) is 144 cm³/mol. The maximum absolute atomic E-state index is 14.1. The molecular formula is C29H26FN3O4S. The van der Waals surface area contributed by atoms with Crippen LogP contribution in [0.2, 0.25) is 0 Å². The zero-order valence-electron chi connectivity index (χ0n) is 20.9. The highest BCUT2D eigenvalue weighted by Gasteiger charge is 2.29. The largest absolute Gasteiger partial charge is 0.454 e. The number of thioether (sulfide) groups is 1. The van der Waals surface area contributed by atoms with Crippen LogP contribution in [0.25, 0.3) is 6.08 Å². The summed E-state index contributed by atoms with van der Waals surface area (Å²) in [7, 11) is 1.68. The van der Waals surface area contributed by atoms with E-state index in [4.69, 9.17) is 9.47 Å².